The Balaban J connectivity index is 1.86. The van der Waals surface area contributed by atoms with Crippen molar-refractivity contribution in [3.63, 3.8) is 0 Å². The van der Waals surface area contributed by atoms with Gasteiger partial charge in [-0.2, -0.15) is 0 Å². The van der Waals surface area contributed by atoms with Crippen LogP contribution in [0.1, 0.15) is 0 Å². The summed E-state index contributed by atoms with van der Waals surface area (Å²) in [6.45, 7) is 0. The molecule has 0 N–H and O–H groups in total. The van der Waals surface area contributed by atoms with Gasteiger partial charge in [-0.05, 0) is 63.4 Å². The number of benzene rings is 3. The maximum absolute atomic E-state index is 13.1. The van der Waals surface area contributed by atoms with E-state index in [9.17, 15) is 4.39 Å². The Labute approximate surface area is 134 Å². The van der Waals surface area contributed by atoms with Crippen molar-refractivity contribution in [2.45, 2.75) is 0 Å². The molecule has 1 heterocycles. The van der Waals surface area contributed by atoms with Crippen molar-refractivity contribution in [3.8, 4) is 22.3 Å². The molecular formula is C21H14FN. The van der Waals surface area contributed by atoms with Gasteiger partial charge in [0.15, 0.2) is 0 Å². The van der Waals surface area contributed by atoms with E-state index in [1.807, 2.05) is 24.3 Å². The van der Waals surface area contributed by atoms with Crippen LogP contribution in [-0.4, -0.2) is 4.98 Å². The number of rotatable bonds is 2. The van der Waals surface area contributed by atoms with Crippen molar-refractivity contribution < 1.29 is 4.39 Å². The molecule has 0 bridgehead atoms. The molecule has 2 heteroatoms. The third kappa shape index (κ3) is 2.59. The molecule has 3 aromatic carbocycles. The van der Waals surface area contributed by atoms with E-state index in [-0.39, 0.29) is 5.82 Å². The van der Waals surface area contributed by atoms with Crippen LogP contribution >= 0.6 is 0 Å². The number of hydrogen-bond donors (Lipinski definition) is 0. The number of hydrogen-bond acceptors (Lipinski definition) is 1. The first kappa shape index (κ1) is 13.6. The van der Waals surface area contributed by atoms with Crippen molar-refractivity contribution in [2.75, 3.05) is 0 Å². The topological polar surface area (TPSA) is 12.9 Å². The van der Waals surface area contributed by atoms with Gasteiger partial charge in [0.05, 0.1) is 0 Å². The third-order valence-electron chi connectivity index (χ3n) is 4.05. The average molecular weight is 299 g/mol. The predicted molar refractivity (Wildman–Crippen MR) is 92.6 cm³/mol. The zero-order valence-electron chi connectivity index (χ0n) is 12.4. The molecular weight excluding hydrogens is 285 g/mol. The van der Waals surface area contributed by atoms with Gasteiger partial charge in [0, 0.05) is 12.4 Å². The minimum absolute atomic E-state index is 0.213. The lowest BCUT2D eigenvalue weighted by Crippen LogP contribution is -1.84. The smallest absolute Gasteiger partial charge is 0.123 e. The van der Waals surface area contributed by atoms with E-state index in [1.165, 1.54) is 28.5 Å². The summed E-state index contributed by atoms with van der Waals surface area (Å²) in [6.07, 6.45) is 3.61. The monoisotopic (exact) mass is 299 g/mol. The van der Waals surface area contributed by atoms with Gasteiger partial charge in [0.1, 0.15) is 5.82 Å². The summed E-state index contributed by atoms with van der Waals surface area (Å²) in [7, 11) is 0. The maximum atomic E-state index is 13.1. The van der Waals surface area contributed by atoms with Crippen LogP contribution in [0.25, 0.3) is 33.0 Å². The largest absolute Gasteiger partial charge is 0.265 e. The highest BCUT2D eigenvalue weighted by atomic mass is 19.1. The Bertz CT molecular complexity index is 960. The van der Waals surface area contributed by atoms with Crippen LogP contribution in [0.15, 0.2) is 85.2 Å². The van der Waals surface area contributed by atoms with E-state index in [0.717, 1.165) is 16.7 Å². The highest BCUT2D eigenvalue weighted by Crippen LogP contribution is 2.31. The molecule has 1 aromatic heterocycles. The van der Waals surface area contributed by atoms with E-state index in [0.29, 0.717) is 0 Å². The van der Waals surface area contributed by atoms with Crippen molar-refractivity contribution in [1.82, 2.24) is 4.98 Å². The minimum Gasteiger partial charge on any atom is -0.265 e. The van der Waals surface area contributed by atoms with E-state index in [2.05, 4.69) is 41.4 Å². The first-order valence-electron chi connectivity index (χ1n) is 7.50. The fourth-order valence-electron chi connectivity index (χ4n) is 2.89. The number of nitrogens with zero attached hydrogens (tertiary/aromatic N) is 1. The molecule has 0 amide bonds. The molecule has 0 saturated carbocycles. The highest BCUT2D eigenvalue weighted by molar-refractivity contribution is 5.98. The quantitative estimate of drug-likeness (QED) is 0.462. The van der Waals surface area contributed by atoms with Gasteiger partial charge in [-0.3, -0.25) is 4.98 Å². The van der Waals surface area contributed by atoms with Gasteiger partial charge in [-0.15, -0.1) is 0 Å². The Morgan fingerprint density at radius 3 is 2.17 bits per heavy atom. The summed E-state index contributed by atoms with van der Waals surface area (Å²) in [5.41, 5.74) is 4.45. The molecule has 4 aromatic rings. The number of aromatic nitrogens is 1. The Morgan fingerprint density at radius 1 is 0.652 bits per heavy atom. The summed E-state index contributed by atoms with van der Waals surface area (Å²) in [6, 6.07) is 23.3. The van der Waals surface area contributed by atoms with Gasteiger partial charge >= 0.3 is 0 Å². The van der Waals surface area contributed by atoms with Crippen LogP contribution in [0.4, 0.5) is 4.39 Å². The first-order valence-corrected chi connectivity index (χ1v) is 7.50. The predicted octanol–water partition coefficient (Wildman–Crippen LogP) is 5.71. The highest BCUT2D eigenvalue weighted by Gasteiger charge is 2.05. The zero-order chi connectivity index (χ0) is 15.6. The van der Waals surface area contributed by atoms with Crippen LogP contribution in [0, 0.1) is 5.82 Å². The van der Waals surface area contributed by atoms with Gasteiger partial charge in [0.2, 0.25) is 0 Å². The second kappa shape index (κ2) is 5.65. The van der Waals surface area contributed by atoms with Crippen molar-refractivity contribution in [3.05, 3.63) is 91.0 Å². The molecule has 0 aliphatic carbocycles. The molecule has 23 heavy (non-hydrogen) atoms. The van der Waals surface area contributed by atoms with Crippen molar-refractivity contribution >= 4 is 10.8 Å². The molecule has 0 unspecified atom stereocenters. The van der Waals surface area contributed by atoms with E-state index in [1.54, 1.807) is 12.4 Å². The Morgan fingerprint density at radius 2 is 1.39 bits per heavy atom. The number of fused-ring (bicyclic) bond motifs is 1. The summed E-state index contributed by atoms with van der Waals surface area (Å²) in [5.74, 6) is -0.213. The molecule has 0 fully saturated rings. The Hall–Kier alpha value is -3.00. The minimum atomic E-state index is -0.213. The molecule has 0 aliphatic heterocycles. The number of halogens is 1. The van der Waals surface area contributed by atoms with Crippen LogP contribution < -0.4 is 0 Å². The van der Waals surface area contributed by atoms with Crippen LogP contribution in [0.2, 0.25) is 0 Å². The SMILES string of the molecule is Fc1ccc(-c2ccc3c(-c4ccncc4)cccc3c2)cc1. The molecule has 0 spiro atoms. The van der Waals surface area contributed by atoms with E-state index < -0.39 is 0 Å². The molecule has 0 radical (unpaired) electrons. The van der Waals surface area contributed by atoms with Crippen LogP contribution in [0.5, 0.6) is 0 Å². The number of pyridine rings is 1. The van der Waals surface area contributed by atoms with Crippen LogP contribution in [0.3, 0.4) is 0 Å². The fourth-order valence-corrected chi connectivity index (χ4v) is 2.89. The summed E-state index contributed by atoms with van der Waals surface area (Å²) < 4.78 is 13.1. The van der Waals surface area contributed by atoms with E-state index in [4.69, 9.17) is 0 Å². The lowest BCUT2D eigenvalue weighted by atomic mass is 9.96. The van der Waals surface area contributed by atoms with Crippen molar-refractivity contribution in [2.24, 2.45) is 0 Å². The lowest BCUT2D eigenvalue weighted by Gasteiger charge is -2.09. The standard InChI is InChI=1S/C21H14FN/c22-19-7-4-15(5-8-19)17-6-9-21-18(14-17)2-1-3-20(21)16-10-12-23-13-11-16/h1-14H. The Kier molecular flexibility index (Phi) is 3.35. The fraction of sp³-hybridized carbons (Fsp3) is 0. The van der Waals surface area contributed by atoms with Gasteiger partial charge in [-0.1, -0.05) is 42.5 Å². The van der Waals surface area contributed by atoms with Crippen LogP contribution in [-0.2, 0) is 0 Å². The molecule has 0 saturated heterocycles. The maximum Gasteiger partial charge on any atom is 0.123 e. The van der Waals surface area contributed by atoms with Gasteiger partial charge in [-0.25, -0.2) is 4.39 Å². The zero-order valence-corrected chi connectivity index (χ0v) is 12.4. The molecule has 110 valence electrons. The van der Waals surface area contributed by atoms with E-state index >= 15 is 0 Å². The summed E-state index contributed by atoms with van der Waals surface area (Å²) in [4.78, 5) is 4.08. The molecule has 0 aliphatic rings. The first-order chi connectivity index (χ1) is 11.3. The molecule has 1 nitrogen and oxygen atoms in total. The van der Waals surface area contributed by atoms with Gasteiger partial charge in [0.25, 0.3) is 0 Å². The molecule has 0 atom stereocenters. The lowest BCUT2D eigenvalue weighted by molar-refractivity contribution is 0.628. The molecule has 4 rings (SSSR count). The average Bonchev–Trinajstić information content (AvgIpc) is 2.62. The second-order valence-electron chi connectivity index (χ2n) is 5.48. The third-order valence-corrected chi connectivity index (χ3v) is 4.05. The normalized spacial score (nSPS) is 10.8. The summed E-state index contributed by atoms with van der Waals surface area (Å²) >= 11 is 0. The van der Waals surface area contributed by atoms with Gasteiger partial charge < -0.3 is 0 Å². The van der Waals surface area contributed by atoms with Crippen molar-refractivity contribution in [1.29, 1.82) is 0 Å². The second-order valence-corrected chi connectivity index (χ2v) is 5.48. The summed E-state index contributed by atoms with van der Waals surface area (Å²) in [5, 5.41) is 2.37.